The van der Waals surface area contributed by atoms with Crippen molar-refractivity contribution in [1.29, 1.82) is 0 Å². The molecule has 2 aliphatic rings. The molecule has 92 valence electrons. The van der Waals surface area contributed by atoms with Crippen LogP contribution in [0.4, 0.5) is 5.69 Å². The minimum atomic E-state index is 0.394. The van der Waals surface area contributed by atoms with Gasteiger partial charge in [0.15, 0.2) is 0 Å². The Morgan fingerprint density at radius 1 is 0.941 bits per heavy atom. The Morgan fingerprint density at radius 2 is 1.65 bits per heavy atom. The van der Waals surface area contributed by atoms with Gasteiger partial charge in [0.1, 0.15) is 5.75 Å². The van der Waals surface area contributed by atoms with Gasteiger partial charge in [0.05, 0.1) is 11.8 Å². The van der Waals surface area contributed by atoms with Crippen molar-refractivity contribution in [2.45, 2.75) is 57.5 Å². The second kappa shape index (κ2) is 4.59. The van der Waals surface area contributed by atoms with E-state index in [0.717, 1.165) is 11.4 Å². The van der Waals surface area contributed by atoms with E-state index in [-0.39, 0.29) is 0 Å². The molecule has 17 heavy (non-hydrogen) atoms. The molecule has 0 radical (unpaired) electrons. The third-order valence-corrected chi connectivity index (χ3v) is 4.07. The predicted molar refractivity (Wildman–Crippen MR) is 70.4 cm³/mol. The summed E-state index contributed by atoms with van der Waals surface area (Å²) < 4.78 is 6.09. The summed E-state index contributed by atoms with van der Waals surface area (Å²) in [7, 11) is 0. The van der Waals surface area contributed by atoms with Crippen LogP contribution in [-0.4, -0.2) is 6.10 Å². The molecule has 0 spiro atoms. The summed E-state index contributed by atoms with van der Waals surface area (Å²) in [4.78, 5) is 0. The van der Waals surface area contributed by atoms with Crippen LogP contribution < -0.4 is 10.5 Å². The zero-order chi connectivity index (χ0) is 11.7. The van der Waals surface area contributed by atoms with Crippen LogP contribution in [-0.2, 0) is 12.8 Å². The number of aryl methyl sites for hydroxylation is 2. The quantitative estimate of drug-likeness (QED) is 0.791. The smallest absolute Gasteiger partial charge is 0.142 e. The standard InChI is InChI=1S/C15H21NO/c16-14-9-11-5-4-6-12(11)10-15(14)17-13-7-2-1-3-8-13/h9-10,13H,1-8,16H2. The number of fused-ring (bicyclic) bond motifs is 1. The molecule has 0 atom stereocenters. The maximum absolute atomic E-state index is 6.09. The first kappa shape index (κ1) is 10.9. The Morgan fingerprint density at radius 3 is 2.41 bits per heavy atom. The van der Waals surface area contributed by atoms with E-state index in [4.69, 9.17) is 10.5 Å². The van der Waals surface area contributed by atoms with Crippen molar-refractivity contribution < 1.29 is 4.74 Å². The summed E-state index contributed by atoms with van der Waals surface area (Å²) in [6.45, 7) is 0. The number of rotatable bonds is 2. The third kappa shape index (κ3) is 2.26. The number of nitrogens with two attached hydrogens (primary N) is 1. The molecular weight excluding hydrogens is 210 g/mol. The van der Waals surface area contributed by atoms with Gasteiger partial charge in [-0.2, -0.15) is 0 Å². The summed E-state index contributed by atoms with van der Waals surface area (Å²) in [6, 6.07) is 4.31. The predicted octanol–water partition coefficient (Wildman–Crippen LogP) is 3.47. The molecule has 2 aliphatic carbocycles. The van der Waals surface area contributed by atoms with Crippen molar-refractivity contribution in [3.05, 3.63) is 23.3 Å². The molecule has 0 saturated heterocycles. The molecule has 1 aromatic rings. The highest BCUT2D eigenvalue weighted by molar-refractivity contribution is 5.58. The average Bonchev–Trinajstić information content (AvgIpc) is 2.78. The monoisotopic (exact) mass is 231 g/mol. The lowest BCUT2D eigenvalue weighted by atomic mass is 9.97. The summed E-state index contributed by atoms with van der Waals surface area (Å²) in [5, 5.41) is 0. The van der Waals surface area contributed by atoms with E-state index in [1.54, 1.807) is 0 Å². The lowest BCUT2D eigenvalue weighted by Gasteiger charge is -2.24. The van der Waals surface area contributed by atoms with E-state index in [1.165, 1.54) is 62.5 Å². The number of hydrogen-bond acceptors (Lipinski definition) is 2. The van der Waals surface area contributed by atoms with Gasteiger partial charge in [-0.05, 0) is 68.2 Å². The first-order chi connectivity index (χ1) is 8.33. The van der Waals surface area contributed by atoms with Crippen LogP contribution in [0.2, 0.25) is 0 Å². The van der Waals surface area contributed by atoms with Gasteiger partial charge in [-0.15, -0.1) is 0 Å². The minimum absolute atomic E-state index is 0.394. The summed E-state index contributed by atoms with van der Waals surface area (Å²) in [5.74, 6) is 0.928. The first-order valence-corrected chi connectivity index (χ1v) is 6.91. The van der Waals surface area contributed by atoms with Gasteiger partial charge in [0.2, 0.25) is 0 Å². The zero-order valence-electron chi connectivity index (χ0n) is 10.4. The van der Waals surface area contributed by atoms with E-state index >= 15 is 0 Å². The molecule has 0 aromatic heterocycles. The fourth-order valence-electron chi connectivity index (χ4n) is 3.09. The molecule has 0 heterocycles. The van der Waals surface area contributed by atoms with Gasteiger partial charge in [0, 0.05) is 0 Å². The summed E-state index contributed by atoms with van der Waals surface area (Å²) in [5.41, 5.74) is 9.79. The molecule has 0 bridgehead atoms. The van der Waals surface area contributed by atoms with E-state index in [1.807, 2.05) is 0 Å². The fourth-order valence-corrected chi connectivity index (χ4v) is 3.09. The second-order valence-electron chi connectivity index (χ2n) is 5.39. The van der Waals surface area contributed by atoms with Gasteiger partial charge in [-0.25, -0.2) is 0 Å². The largest absolute Gasteiger partial charge is 0.488 e. The lowest BCUT2D eigenvalue weighted by Crippen LogP contribution is -2.20. The van der Waals surface area contributed by atoms with E-state index < -0.39 is 0 Å². The maximum Gasteiger partial charge on any atom is 0.142 e. The van der Waals surface area contributed by atoms with Crippen LogP contribution in [0, 0.1) is 0 Å². The van der Waals surface area contributed by atoms with Crippen molar-refractivity contribution in [1.82, 2.24) is 0 Å². The Hall–Kier alpha value is -1.18. The Balaban J connectivity index is 1.78. The molecule has 1 aromatic carbocycles. The molecule has 0 unspecified atom stereocenters. The fraction of sp³-hybridized carbons (Fsp3) is 0.600. The number of nitrogen functional groups attached to an aromatic ring is 1. The van der Waals surface area contributed by atoms with Crippen molar-refractivity contribution in [3.8, 4) is 5.75 Å². The molecule has 1 fully saturated rings. The van der Waals surface area contributed by atoms with Gasteiger partial charge in [0.25, 0.3) is 0 Å². The van der Waals surface area contributed by atoms with Gasteiger partial charge in [-0.3, -0.25) is 0 Å². The highest BCUT2D eigenvalue weighted by Crippen LogP contribution is 2.33. The van der Waals surface area contributed by atoms with E-state index in [9.17, 15) is 0 Å². The van der Waals surface area contributed by atoms with E-state index in [2.05, 4.69) is 12.1 Å². The number of hydrogen-bond donors (Lipinski definition) is 1. The molecule has 1 saturated carbocycles. The van der Waals surface area contributed by atoms with Crippen molar-refractivity contribution in [2.24, 2.45) is 0 Å². The van der Waals surface area contributed by atoms with Crippen LogP contribution in [0.25, 0.3) is 0 Å². The van der Waals surface area contributed by atoms with Crippen molar-refractivity contribution in [3.63, 3.8) is 0 Å². The minimum Gasteiger partial charge on any atom is -0.488 e. The van der Waals surface area contributed by atoms with Crippen molar-refractivity contribution in [2.75, 3.05) is 5.73 Å². The van der Waals surface area contributed by atoms with Crippen LogP contribution >= 0.6 is 0 Å². The summed E-state index contributed by atoms with van der Waals surface area (Å²) >= 11 is 0. The van der Waals surface area contributed by atoms with E-state index in [0.29, 0.717) is 6.10 Å². The highest BCUT2D eigenvalue weighted by atomic mass is 16.5. The van der Waals surface area contributed by atoms with Crippen LogP contribution in [0.3, 0.4) is 0 Å². The Kier molecular flexibility index (Phi) is 2.96. The number of anilines is 1. The molecule has 0 aliphatic heterocycles. The van der Waals surface area contributed by atoms with Crippen LogP contribution in [0.5, 0.6) is 5.75 Å². The van der Waals surface area contributed by atoms with Gasteiger partial charge >= 0.3 is 0 Å². The maximum atomic E-state index is 6.09. The molecular formula is C15H21NO. The molecule has 2 heteroatoms. The second-order valence-corrected chi connectivity index (χ2v) is 5.39. The average molecular weight is 231 g/mol. The molecule has 2 N–H and O–H groups in total. The molecule has 0 amide bonds. The number of benzene rings is 1. The van der Waals surface area contributed by atoms with Gasteiger partial charge in [-0.1, -0.05) is 6.42 Å². The topological polar surface area (TPSA) is 35.2 Å². The highest BCUT2D eigenvalue weighted by Gasteiger charge is 2.18. The SMILES string of the molecule is Nc1cc2c(cc1OC1CCCCC1)CCC2. The van der Waals surface area contributed by atoms with Crippen LogP contribution in [0.1, 0.15) is 49.7 Å². The van der Waals surface area contributed by atoms with Crippen molar-refractivity contribution >= 4 is 5.69 Å². The molecule has 3 rings (SSSR count). The molecule has 2 nitrogen and oxygen atoms in total. The number of ether oxygens (including phenoxy) is 1. The Labute approximate surface area is 103 Å². The third-order valence-electron chi connectivity index (χ3n) is 4.07. The Bertz CT molecular complexity index is 408. The lowest BCUT2D eigenvalue weighted by molar-refractivity contribution is 0.156. The van der Waals surface area contributed by atoms with Gasteiger partial charge < -0.3 is 10.5 Å². The summed E-state index contributed by atoms with van der Waals surface area (Å²) in [6.07, 6.45) is 10.4. The van der Waals surface area contributed by atoms with Crippen LogP contribution in [0.15, 0.2) is 12.1 Å². The first-order valence-electron chi connectivity index (χ1n) is 6.91. The zero-order valence-corrected chi connectivity index (χ0v) is 10.4. The normalized spacial score (nSPS) is 20.2.